The summed E-state index contributed by atoms with van der Waals surface area (Å²) in [6, 6.07) is 20.7. The third-order valence-electron chi connectivity index (χ3n) is 5.86. The van der Waals surface area contributed by atoms with Crippen LogP contribution in [0.1, 0.15) is 11.1 Å². The van der Waals surface area contributed by atoms with Gasteiger partial charge in [0.25, 0.3) is 0 Å². The molecule has 0 aliphatic rings. The number of nitrogens with zero attached hydrogens (tertiary/aromatic N) is 2. The normalized spacial score (nSPS) is 11.2. The zero-order chi connectivity index (χ0) is 24.0. The van der Waals surface area contributed by atoms with Crippen molar-refractivity contribution in [2.45, 2.75) is 13.8 Å². The number of fused-ring (bicyclic) bond motifs is 3. The summed E-state index contributed by atoms with van der Waals surface area (Å²) >= 11 is 7.25. The fraction of sp³-hybridized carbons (Fsp3) is 0.143. The van der Waals surface area contributed by atoms with E-state index in [1.807, 2.05) is 24.3 Å². The van der Waals surface area contributed by atoms with Crippen molar-refractivity contribution in [3.05, 3.63) is 80.7 Å². The lowest BCUT2D eigenvalue weighted by molar-refractivity contribution is 0.413. The molecule has 5 aromatic rings. The van der Waals surface area contributed by atoms with Crippen LogP contribution in [0.25, 0.3) is 44.3 Å². The van der Waals surface area contributed by atoms with Crippen LogP contribution in [0.4, 0.5) is 0 Å². The first-order valence-electron chi connectivity index (χ1n) is 10.8. The molecule has 0 radical (unpaired) electrons. The van der Waals surface area contributed by atoms with Crippen molar-refractivity contribution in [1.29, 1.82) is 0 Å². The van der Waals surface area contributed by atoms with E-state index in [2.05, 4.69) is 82.1 Å². The van der Waals surface area contributed by atoms with Crippen molar-refractivity contribution in [1.82, 2.24) is 9.97 Å². The number of hydrogen-bond acceptors (Lipinski definition) is 4. The fourth-order valence-corrected chi connectivity index (χ4v) is 5.79. The number of rotatable bonds is 4. The number of aryl methyl sites for hydroxylation is 2. The Morgan fingerprint density at radius 3 is 1.35 bits per heavy atom. The molecule has 3 aromatic carbocycles. The van der Waals surface area contributed by atoms with Crippen LogP contribution in [-0.4, -0.2) is 24.2 Å². The van der Waals surface area contributed by atoms with Crippen LogP contribution in [0.3, 0.4) is 0 Å². The maximum atomic E-state index is 5.69. The van der Waals surface area contributed by atoms with Crippen molar-refractivity contribution >= 4 is 53.7 Å². The summed E-state index contributed by atoms with van der Waals surface area (Å²) in [6.45, 7) is 4.12. The van der Waals surface area contributed by atoms with Gasteiger partial charge >= 0.3 is 0 Å². The van der Waals surface area contributed by atoms with E-state index in [9.17, 15) is 0 Å². The minimum Gasteiger partial charge on any atom is -0.495 e. The van der Waals surface area contributed by atoms with Gasteiger partial charge in [-0.05, 0) is 93.2 Å². The predicted octanol–water partition coefficient (Wildman–Crippen LogP) is 8.28. The number of benzene rings is 3. The number of hydrogen-bond donors (Lipinski definition) is 0. The Hall–Kier alpha value is -2.96. The van der Waals surface area contributed by atoms with Crippen LogP contribution in [0, 0.1) is 13.8 Å². The third kappa shape index (κ3) is 3.95. The smallest absolute Gasteiger partial charge is 0.142 e. The van der Waals surface area contributed by atoms with Crippen molar-refractivity contribution in [2.24, 2.45) is 0 Å². The van der Waals surface area contributed by atoms with Crippen LogP contribution in [-0.2, 0) is 0 Å². The van der Waals surface area contributed by atoms with Crippen LogP contribution in [0.5, 0.6) is 11.5 Å². The Balaban J connectivity index is 1.77. The Bertz CT molecular complexity index is 1460. The van der Waals surface area contributed by atoms with Crippen LogP contribution >= 0.6 is 31.9 Å². The molecule has 0 saturated heterocycles. The fourth-order valence-electron chi connectivity index (χ4n) is 4.32. The first kappa shape index (κ1) is 22.8. The molecule has 0 saturated carbocycles. The number of methoxy groups -OCH3 is 2. The third-order valence-corrected chi connectivity index (χ3v) is 7.03. The standard InChI is InChI=1S/C28H22Br2N2O2/c1-15-11-19(27(33-3)21(29)13-15)23-9-7-17-5-6-18-8-10-24(32-26(18)25(17)31-23)20-12-16(2)14-22(30)28(20)34-4/h5-14H,1-4H3. The number of pyridine rings is 2. The van der Waals surface area contributed by atoms with E-state index in [1.165, 1.54) is 0 Å². The molecule has 6 heteroatoms. The summed E-state index contributed by atoms with van der Waals surface area (Å²) in [7, 11) is 3.35. The van der Waals surface area contributed by atoms with E-state index in [-0.39, 0.29) is 0 Å². The number of ether oxygens (including phenoxy) is 2. The van der Waals surface area contributed by atoms with Gasteiger partial charge in [0.2, 0.25) is 0 Å². The van der Waals surface area contributed by atoms with E-state index in [4.69, 9.17) is 19.4 Å². The molecule has 2 heterocycles. The summed E-state index contributed by atoms with van der Waals surface area (Å²) < 4.78 is 13.2. The molecule has 0 atom stereocenters. The second-order valence-electron chi connectivity index (χ2n) is 8.26. The van der Waals surface area contributed by atoms with E-state index in [1.54, 1.807) is 14.2 Å². The van der Waals surface area contributed by atoms with E-state index in [0.29, 0.717) is 0 Å². The van der Waals surface area contributed by atoms with E-state index >= 15 is 0 Å². The molecule has 34 heavy (non-hydrogen) atoms. The molecule has 0 aliphatic carbocycles. The molecule has 0 amide bonds. The minimum absolute atomic E-state index is 0.765. The maximum absolute atomic E-state index is 5.69. The number of halogens is 2. The van der Waals surface area contributed by atoms with Gasteiger partial charge < -0.3 is 9.47 Å². The lowest BCUT2D eigenvalue weighted by atomic mass is 10.0. The average Bonchev–Trinajstić information content (AvgIpc) is 2.82. The van der Waals surface area contributed by atoms with Crippen molar-refractivity contribution < 1.29 is 9.47 Å². The molecule has 2 aromatic heterocycles. The molecule has 0 unspecified atom stereocenters. The van der Waals surface area contributed by atoms with Crippen molar-refractivity contribution in [3.8, 4) is 34.0 Å². The highest BCUT2D eigenvalue weighted by Gasteiger charge is 2.16. The highest BCUT2D eigenvalue weighted by molar-refractivity contribution is 9.11. The summed E-state index contributed by atoms with van der Waals surface area (Å²) in [5, 5.41) is 2.06. The zero-order valence-electron chi connectivity index (χ0n) is 19.2. The number of aromatic nitrogens is 2. The SMILES string of the molecule is COc1c(Br)cc(C)cc1-c1ccc2ccc3ccc(-c4cc(C)cc(Br)c4OC)nc3c2n1. The Kier molecular flexibility index (Phi) is 6.04. The highest BCUT2D eigenvalue weighted by Crippen LogP contribution is 2.39. The Morgan fingerprint density at radius 1 is 0.588 bits per heavy atom. The molecule has 5 rings (SSSR count). The maximum Gasteiger partial charge on any atom is 0.142 e. The van der Waals surface area contributed by atoms with Gasteiger partial charge in [-0.25, -0.2) is 9.97 Å². The van der Waals surface area contributed by atoms with E-state index in [0.717, 1.165) is 75.9 Å². The van der Waals surface area contributed by atoms with Crippen LogP contribution in [0.15, 0.2) is 69.6 Å². The zero-order valence-corrected chi connectivity index (χ0v) is 22.4. The van der Waals surface area contributed by atoms with Gasteiger partial charge in [-0.1, -0.05) is 24.3 Å². The second-order valence-corrected chi connectivity index (χ2v) is 9.97. The molecule has 0 bridgehead atoms. The summed E-state index contributed by atoms with van der Waals surface area (Å²) in [5.74, 6) is 1.53. The Labute approximate surface area is 215 Å². The summed E-state index contributed by atoms with van der Waals surface area (Å²) in [4.78, 5) is 10.1. The monoisotopic (exact) mass is 576 g/mol. The predicted molar refractivity (Wildman–Crippen MR) is 146 cm³/mol. The lowest BCUT2D eigenvalue weighted by Gasteiger charge is -2.14. The van der Waals surface area contributed by atoms with Gasteiger partial charge in [0.15, 0.2) is 0 Å². The van der Waals surface area contributed by atoms with Gasteiger partial charge in [0, 0.05) is 21.9 Å². The molecule has 0 N–H and O–H groups in total. The molecular formula is C28H22Br2N2O2. The topological polar surface area (TPSA) is 44.2 Å². The molecule has 0 aliphatic heterocycles. The molecule has 170 valence electrons. The largest absolute Gasteiger partial charge is 0.495 e. The Morgan fingerprint density at radius 2 is 0.971 bits per heavy atom. The van der Waals surface area contributed by atoms with Crippen molar-refractivity contribution in [3.63, 3.8) is 0 Å². The van der Waals surface area contributed by atoms with Gasteiger partial charge in [-0.2, -0.15) is 0 Å². The molecule has 4 nitrogen and oxygen atoms in total. The highest BCUT2D eigenvalue weighted by atomic mass is 79.9. The second kappa shape index (κ2) is 9.01. The van der Waals surface area contributed by atoms with Crippen LogP contribution in [0.2, 0.25) is 0 Å². The van der Waals surface area contributed by atoms with Gasteiger partial charge in [0.05, 0.1) is 45.6 Å². The first-order valence-corrected chi connectivity index (χ1v) is 12.4. The molecule has 0 fully saturated rings. The van der Waals surface area contributed by atoms with Gasteiger partial charge in [0.1, 0.15) is 11.5 Å². The van der Waals surface area contributed by atoms with E-state index < -0.39 is 0 Å². The summed E-state index contributed by atoms with van der Waals surface area (Å²) in [5.41, 5.74) is 7.50. The first-order chi connectivity index (χ1) is 16.4. The molecular weight excluding hydrogens is 556 g/mol. The van der Waals surface area contributed by atoms with Crippen LogP contribution < -0.4 is 9.47 Å². The van der Waals surface area contributed by atoms with Crippen molar-refractivity contribution in [2.75, 3.05) is 14.2 Å². The quantitative estimate of drug-likeness (QED) is 0.202. The summed E-state index contributed by atoms with van der Waals surface area (Å²) in [6.07, 6.45) is 0. The molecule has 0 spiro atoms. The minimum atomic E-state index is 0.765. The van der Waals surface area contributed by atoms with Gasteiger partial charge in [-0.15, -0.1) is 0 Å². The lowest BCUT2D eigenvalue weighted by Crippen LogP contribution is -1.95. The van der Waals surface area contributed by atoms with Gasteiger partial charge in [-0.3, -0.25) is 0 Å². The average molecular weight is 578 g/mol.